The first kappa shape index (κ1) is 14.4. The quantitative estimate of drug-likeness (QED) is 0.841. The van der Waals surface area contributed by atoms with Gasteiger partial charge in [0.15, 0.2) is 0 Å². The maximum atomic E-state index is 12.2. The van der Waals surface area contributed by atoms with Gasteiger partial charge in [0.05, 0.1) is 5.75 Å². The van der Waals surface area contributed by atoms with Crippen molar-refractivity contribution in [1.82, 2.24) is 4.90 Å². The summed E-state index contributed by atoms with van der Waals surface area (Å²) in [5, 5.41) is 8.99. The second kappa shape index (κ2) is 7.56. The normalized spacial score (nSPS) is 19.4. The smallest absolute Gasteiger partial charge is 0.232 e. The van der Waals surface area contributed by atoms with E-state index in [1.807, 2.05) is 35.2 Å². The number of carbonyl (C=O) groups excluding carboxylic acids is 1. The van der Waals surface area contributed by atoms with Crippen molar-refractivity contribution in [2.24, 2.45) is 5.92 Å². The lowest BCUT2D eigenvalue weighted by molar-refractivity contribution is -0.130. The number of nitrogens with zero attached hydrogens (tertiary/aromatic N) is 1. The summed E-state index contributed by atoms with van der Waals surface area (Å²) in [5.74, 6) is 1.21. The van der Waals surface area contributed by atoms with Crippen LogP contribution in [0.5, 0.6) is 0 Å². The van der Waals surface area contributed by atoms with Gasteiger partial charge in [-0.15, -0.1) is 11.8 Å². The summed E-state index contributed by atoms with van der Waals surface area (Å²) in [6.45, 7) is 1.91. The molecule has 2 rings (SSSR count). The van der Waals surface area contributed by atoms with E-state index in [-0.39, 0.29) is 12.5 Å². The van der Waals surface area contributed by atoms with Gasteiger partial charge in [0.1, 0.15) is 0 Å². The van der Waals surface area contributed by atoms with E-state index in [0.29, 0.717) is 11.7 Å². The van der Waals surface area contributed by atoms with Crippen LogP contribution in [0.25, 0.3) is 0 Å². The highest BCUT2D eigenvalue weighted by Crippen LogP contribution is 2.22. The number of amides is 1. The molecule has 19 heavy (non-hydrogen) atoms. The monoisotopic (exact) mass is 279 g/mol. The van der Waals surface area contributed by atoms with Crippen molar-refractivity contribution in [3.8, 4) is 0 Å². The largest absolute Gasteiger partial charge is 0.396 e. The summed E-state index contributed by atoms with van der Waals surface area (Å²) in [6, 6.07) is 10.0. The van der Waals surface area contributed by atoms with Gasteiger partial charge in [-0.2, -0.15) is 0 Å². The zero-order valence-corrected chi connectivity index (χ0v) is 11.9. The molecule has 1 heterocycles. The molecule has 0 aliphatic carbocycles. The van der Waals surface area contributed by atoms with E-state index in [0.717, 1.165) is 37.2 Å². The molecule has 1 aliphatic rings. The zero-order chi connectivity index (χ0) is 13.5. The Morgan fingerprint density at radius 1 is 1.37 bits per heavy atom. The molecule has 1 atom stereocenters. The van der Waals surface area contributed by atoms with Crippen molar-refractivity contribution >= 4 is 17.7 Å². The first-order chi connectivity index (χ1) is 9.29. The highest BCUT2D eigenvalue weighted by atomic mass is 32.2. The van der Waals surface area contributed by atoms with Crippen molar-refractivity contribution < 1.29 is 9.90 Å². The molecule has 1 saturated heterocycles. The Kier molecular flexibility index (Phi) is 5.73. The average molecular weight is 279 g/mol. The van der Waals surface area contributed by atoms with Gasteiger partial charge >= 0.3 is 0 Å². The van der Waals surface area contributed by atoms with Crippen molar-refractivity contribution in [2.45, 2.75) is 24.2 Å². The number of hydrogen-bond donors (Lipinski definition) is 1. The third kappa shape index (κ3) is 4.55. The number of carbonyl (C=O) groups is 1. The standard InChI is InChI=1S/C15H21NO2S/c17-10-8-13-5-4-9-16(11-13)15(18)12-19-14-6-2-1-3-7-14/h1-3,6-7,13,17H,4-5,8-12H2. The van der Waals surface area contributed by atoms with Crippen LogP contribution in [0.3, 0.4) is 0 Å². The summed E-state index contributed by atoms with van der Waals surface area (Å²) in [7, 11) is 0. The van der Waals surface area contributed by atoms with E-state index in [9.17, 15) is 4.79 Å². The summed E-state index contributed by atoms with van der Waals surface area (Å²) in [4.78, 5) is 15.3. The van der Waals surface area contributed by atoms with Gasteiger partial charge in [-0.3, -0.25) is 4.79 Å². The number of aliphatic hydroxyl groups excluding tert-OH is 1. The Morgan fingerprint density at radius 2 is 2.16 bits per heavy atom. The minimum atomic E-state index is 0.219. The number of benzene rings is 1. The fourth-order valence-corrected chi connectivity index (χ4v) is 3.29. The molecular formula is C15H21NO2S. The highest BCUT2D eigenvalue weighted by Gasteiger charge is 2.22. The number of likely N-dealkylation sites (tertiary alicyclic amines) is 1. The summed E-state index contributed by atoms with van der Waals surface area (Å²) in [5.41, 5.74) is 0. The summed E-state index contributed by atoms with van der Waals surface area (Å²) >= 11 is 1.60. The molecule has 0 spiro atoms. The molecule has 104 valence electrons. The zero-order valence-electron chi connectivity index (χ0n) is 11.1. The Bertz CT molecular complexity index is 394. The lowest BCUT2D eigenvalue weighted by Crippen LogP contribution is -2.41. The fraction of sp³-hybridized carbons (Fsp3) is 0.533. The predicted octanol–water partition coefficient (Wildman–Crippen LogP) is 2.40. The average Bonchev–Trinajstić information content (AvgIpc) is 2.46. The number of piperidine rings is 1. The van der Waals surface area contributed by atoms with Gasteiger partial charge in [0, 0.05) is 24.6 Å². The van der Waals surface area contributed by atoms with Crippen LogP contribution in [0.15, 0.2) is 35.2 Å². The fourth-order valence-electron chi connectivity index (χ4n) is 2.46. The molecule has 1 aromatic carbocycles. The van der Waals surface area contributed by atoms with Crippen LogP contribution in [-0.2, 0) is 4.79 Å². The van der Waals surface area contributed by atoms with Crippen LogP contribution in [0.1, 0.15) is 19.3 Å². The predicted molar refractivity (Wildman–Crippen MR) is 78.2 cm³/mol. The molecule has 0 bridgehead atoms. The molecule has 0 aromatic heterocycles. The van der Waals surface area contributed by atoms with Crippen LogP contribution in [0, 0.1) is 5.92 Å². The highest BCUT2D eigenvalue weighted by molar-refractivity contribution is 8.00. The van der Waals surface area contributed by atoms with Gasteiger partial charge in [-0.1, -0.05) is 18.2 Å². The molecule has 3 nitrogen and oxygen atoms in total. The third-order valence-corrected chi connectivity index (χ3v) is 4.51. The number of thioether (sulfide) groups is 1. The number of hydrogen-bond acceptors (Lipinski definition) is 3. The maximum Gasteiger partial charge on any atom is 0.232 e. The molecule has 1 amide bonds. The first-order valence-electron chi connectivity index (χ1n) is 6.86. The number of rotatable bonds is 5. The van der Waals surface area contributed by atoms with E-state index in [2.05, 4.69) is 0 Å². The van der Waals surface area contributed by atoms with Crippen molar-refractivity contribution in [1.29, 1.82) is 0 Å². The van der Waals surface area contributed by atoms with Crippen LogP contribution < -0.4 is 0 Å². The van der Waals surface area contributed by atoms with Crippen LogP contribution in [0.2, 0.25) is 0 Å². The van der Waals surface area contributed by atoms with E-state index in [1.165, 1.54) is 0 Å². The van der Waals surface area contributed by atoms with E-state index >= 15 is 0 Å². The second-order valence-electron chi connectivity index (χ2n) is 4.96. The molecule has 1 aromatic rings. The Balaban J connectivity index is 1.79. The molecule has 0 saturated carbocycles. The Hall–Kier alpha value is -1.00. The van der Waals surface area contributed by atoms with Crippen LogP contribution in [0.4, 0.5) is 0 Å². The second-order valence-corrected chi connectivity index (χ2v) is 6.01. The van der Waals surface area contributed by atoms with E-state index in [1.54, 1.807) is 11.8 Å². The van der Waals surface area contributed by atoms with Gasteiger partial charge in [0.25, 0.3) is 0 Å². The van der Waals surface area contributed by atoms with Gasteiger partial charge in [-0.05, 0) is 37.3 Å². The molecule has 1 aliphatic heterocycles. The van der Waals surface area contributed by atoms with E-state index in [4.69, 9.17) is 5.11 Å². The van der Waals surface area contributed by atoms with Gasteiger partial charge < -0.3 is 10.0 Å². The van der Waals surface area contributed by atoms with Crippen LogP contribution in [-0.4, -0.2) is 41.4 Å². The van der Waals surface area contributed by atoms with E-state index < -0.39 is 0 Å². The summed E-state index contributed by atoms with van der Waals surface area (Å²) in [6.07, 6.45) is 3.01. The molecule has 1 fully saturated rings. The number of aliphatic hydroxyl groups is 1. The van der Waals surface area contributed by atoms with Crippen molar-refractivity contribution in [3.05, 3.63) is 30.3 Å². The van der Waals surface area contributed by atoms with Gasteiger partial charge in [0.2, 0.25) is 5.91 Å². The molecule has 1 unspecified atom stereocenters. The Labute approximate surface area is 119 Å². The molecule has 1 N–H and O–H groups in total. The lowest BCUT2D eigenvalue weighted by atomic mass is 9.95. The SMILES string of the molecule is O=C(CSc1ccccc1)N1CCCC(CCO)C1. The third-order valence-electron chi connectivity index (χ3n) is 3.51. The minimum Gasteiger partial charge on any atom is -0.396 e. The first-order valence-corrected chi connectivity index (χ1v) is 7.84. The van der Waals surface area contributed by atoms with Crippen LogP contribution >= 0.6 is 11.8 Å². The Morgan fingerprint density at radius 3 is 2.89 bits per heavy atom. The van der Waals surface area contributed by atoms with Gasteiger partial charge in [-0.25, -0.2) is 0 Å². The lowest BCUT2D eigenvalue weighted by Gasteiger charge is -2.32. The topological polar surface area (TPSA) is 40.5 Å². The minimum absolute atomic E-state index is 0.219. The van der Waals surface area contributed by atoms with Crippen molar-refractivity contribution in [2.75, 3.05) is 25.4 Å². The van der Waals surface area contributed by atoms with Crippen molar-refractivity contribution in [3.63, 3.8) is 0 Å². The molecule has 0 radical (unpaired) electrons. The molecular weight excluding hydrogens is 258 g/mol. The maximum absolute atomic E-state index is 12.2. The summed E-state index contributed by atoms with van der Waals surface area (Å²) < 4.78 is 0. The molecule has 4 heteroatoms.